The number of methoxy groups -OCH3 is 1. The molecule has 7 atom stereocenters. The third-order valence-electron chi connectivity index (χ3n) is 10.6. The molecule has 3 aliphatic carbocycles. The van der Waals surface area contributed by atoms with Crippen molar-refractivity contribution in [3.05, 3.63) is 61.7 Å². The zero-order valence-electron chi connectivity index (χ0n) is 26.7. The fourth-order valence-corrected chi connectivity index (χ4v) is 8.86. The molecule has 1 saturated heterocycles. The van der Waals surface area contributed by atoms with Crippen LogP contribution in [0.2, 0.25) is 0 Å². The summed E-state index contributed by atoms with van der Waals surface area (Å²) in [6.45, 7) is 4.27. The van der Waals surface area contributed by atoms with Crippen LogP contribution in [0.15, 0.2) is 17.2 Å². The highest BCUT2D eigenvalue weighted by atomic mass is 16.6. The van der Waals surface area contributed by atoms with Crippen molar-refractivity contribution in [3.8, 4) is 17.2 Å². The van der Waals surface area contributed by atoms with Crippen LogP contribution in [0.4, 0.5) is 0 Å². The lowest BCUT2D eigenvalue weighted by molar-refractivity contribution is -0.154. The number of ether oxygens (including phenoxy) is 5. The van der Waals surface area contributed by atoms with Crippen LogP contribution >= 0.6 is 0 Å². The third-order valence-corrected chi connectivity index (χ3v) is 10.6. The summed E-state index contributed by atoms with van der Waals surface area (Å²) in [6, 6.07) is 1.55. The number of hydrogen-bond donors (Lipinski definition) is 3. The van der Waals surface area contributed by atoms with Crippen molar-refractivity contribution in [3.63, 3.8) is 0 Å². The molecule has 3 N–H and O–H groups in total. The van der Waals surface area contributed by atoms with E-state index < -0.39 is 106 Å². The average Bonchev–Trinajstić information content (AvgIpc) is 3.55. The van der Waals surface area contributed by atoms with E-state index in [-0.39, 0.29) is 64.6 Å². The fraction of sp³-hybridized carbons (Fsp3) is 0.429. The minimum Gasteiger partial charge on any atom is -0.507 e. The number of aromatic hydroxyl groups is 3. The second-order valence-corrected chi connectivity index (χ2v) is 13.3. The lowest BCUT2D eigenvalue weighted by Crippen LogP contribution is -2.44. The lowest BCUT2D eigenvalue weighted by Gasteiger charge is -2.39. The molecule has 14 heteroatoms. The maximum absolute atomic E-state index is 14.3. The summed E-state index contributed by atoms with van der Waals surface area (Å²) in [5.74, 6) is -7.77. The van der Waals surface area contributed by atoms with Gasteiger partial charge in [-0.25, -0.2) is 0 Å². The summed E-state index contributed by atoms with van der Waals surface area (Å²) < 4.78 is 28.0. The van der Waals surface area contributed by atoms with Crippen LogP contribution < -0.4 is 0 Å². The van der Waals surface area contributed by atoms with E-state index in [0.717, 1.165) is 6.92 Å². The summed E-state index contributed by atoms with van der Waals surface area (Å²) in [6.07, 6.45) is -4.95. The molecule has 2 aromatic carbocycles. The van der Waals surface area contributed by atoms with E-state index in [1.54, 1.807) is 13.0 Å². The predicted octanol–water partition coefficient (Wildman–Crippen LogP) is 2.64. The van der Waals surface area contributed by atoms with Gasteiger partial charge in [0.25, 0.3) is 0 Å². The number of Topliss-reactive ketones (excluding diaryl/α,β-unsaturated/α-hetero) is 3. The molecular formula is C35H30O14. The van der Waals surface area contributed by atoms with Crippen molar-refractivity contribution in [1.29, 1.82) is 0 Å². The molecule has 2 aromatic rings. The van der Waals surface area contributed by atoms with Crippen LogP contribution in [0, 0.1) is 0 Å². The van der Waals surface area contributed by atoms with Crippen molar-refractivity contribution in [1.82, 2.24) is 0 Å². The minimum atomic E-state index is -1.99. The Labute approximate surface area is 277 Å². The van der Waals surface area contributed by atoms with Crippen molar-refractivity contribution in [2.45, 2.75) is 88.5 Å². The van der Waals surface area contributed by atoms with Crippen molar-refractivity contribution in [2.24, 2.45) is 0 Å². The Bertz CT molecular complexity index is 2040. The number of fused-ring (bicyclic) bond motifs is 11. The zero-order valence-corrected chi connectivity index (χ0v) is 26.7. The molecule has 3 aliphatic heterocycles. The molecule has 2 bridgehead atoms. The Morgan fingerprint density at radius 2 is 1.57 bits per heavy atom. The lowest BCUT2D eigenvalue weighted by atomic mass is 9.73. The molecule has 0 saturated carbocycles. The number of carbonyl (C=O) groups excluding carboxylic acids is 6. The molecule has 254 valence electrons. The van der Waals surface area contributed by atoms with Gasteiger partial charge in [0.15, 0.2) is 29.1 Å². The van der Waals surface area contributed by atoms with Gasteiger partial charge in [0.05, 0.1) is 72.0 Å². The Balaban J connectivity index is 1.37. The molecule has 2 unspecified atom stereocenters. The number of benzene rings is 2. The molecule has 0 radical (unpaired) electrons. The van der Waals surface area contributed by atoms with Gasteiger partial charge in [-0.05, 0) is 31.9 Å². The summed E-state index contributed by atoms with van der Waals surface area (Å²) in [5, 5.41) is 35.7. The summed E-state index contributed by atoms with van der Waals surface area (Å²) in [4.78, 5) is 79.9. The van der Waals surface area contributed by atoms with Gasteiger partial charge in [0.1, 0.15) is 23.4 Å². The van der Waals surface area contributed by atoms with Crippen LogP contribution in [0.3, 0.4) is 0 Å². The van der Waals surface area contributed by atoms with Gasteiger partial charge in [0, 0.05) is 35.6 Å². The van der Waals surface area contributed by atoms with Gasteiger partial charge in [-0.1, -0.05) is 0 Å². The largest absolute Gasteiger partial charge is 0.507 e. The summed E-state index contributed by atoms with van der Waals surface area (Å²) >= 11 is 0. The van der Waals surface area contributed by atoms with E-state index in [9.17, 15) is 44.1 Å². The highest BCUT2D eigenvalue weighted by molar-refractivity contribution is 6.30. The first-order valence-electron chi connectivity index (χ1n) is 15.9. The minimum absolute atomic E-state index is 0.00378. The first kappa shape index (κ1) is 31.2. The van der Waals surface area contributed by atoms with Gasteiger partial charge in [0.2, 0.25) is 0 Å². The Morgan fingerprint density at radius 3 is 2.27 bits per heavy atom. The molecular weight excluding hydrogens is 644 g/mol. The zero-order chi connectivity index (χ0) is 35.0. The topological polar surface area (TPSA) is 209 Å². The Morgan fingerprint density at radius 1 is 0.898 bits per heavy atom. The van der Waals surface area contributed by atoms with E-state index in [1.807, 2.05) is 0 Å². The van der Waals surface area contributed by atoms with E-state index in [0.29, 0.717) is 5.56 Å². The highest BCUT2D eigenvalue weighted by Gasteiger charge is 2.62. The molecule has 1 fully saturated rings. The molecule has 3 heterocycles. The molecule has 6 aliphatic rings. The number of esters is 3. The smallest absolute Gasteiger partial charge is 0.309 e. The van der Waals surface area contributed by atoms with Crippen molar-refractivity contribution < 1.29 is 67.8 Å². The first-order chi connectivity index (χ1) is 23.2. The maximum Gasteiger partial charge on any atom is 0.309 e. The van der Waals surface area contributed by atoms with E-state index in [4.69, 9.17) is 23.7 Å². The normalized spacial score (nSPS) is 30.4. The number of phenols is 3. The molecule has 0 amide bonds. The van der Waals surface area contributed by atoms with Crippen LogP contribution in [-0.2, 0) is 50.1 Å². The van der Waals surface area contributed by atoms with Crippen LogP contribution in [0.5, 0.6) is 17.2 Å². The van der Waals surface area contributed by atoms with Crippen LogP contribution in [0.1, 0.15) is 111 Å². The predicted molar refractivity (Wildman–Crippen MR) is 160 cm³/mol. The molecule has 0 aromatic heterocycles. The van der Waals surface area contributed by atoms with Gasteiger partial charge in [-0.2, -0.15) is 0 Å². The number of hydrogen-bond acceptors (Lipinski definition) is 14. The standard InChI is InChI=1S/C35H30O14/c1-10-20-13(5-14(46-10)7-18(37)45-4)6-16-23(29(20)40)28(39)15-9-35(16,49-12(3)36)27-22(15)31(42)24-25(33(27)44)30(41)21-11(2)47-17-8-19(38)48-34(17)26(21)32(24)43/h6,10-11,14-15,17,34,40,42,44H,5,7-9H2,1-4H3/t10-,11-,14+,15?,17-,34+,35?/m0/s1. The number of phenolic OH excluding ortho intramolecular Hbond substituents is 3. The van der Waals surface area contributed by atoms with Crippen molar-refractivity contribution >= 4 is 35.3 Å². The van der Waals surface area contributed by atoms with Gasteiger partial charge < -0.3 is 39.0 Å². The second kappa shape index (κ2) is 10.2. The van der Waals surface area contributed by atoms with Crippen LogP contribution in [0.25, 0.3) is 0 Å². The van der Waals surface area contributed by atoms with E-state index in [1.165, 1.54) is 14.0 Å². The summed E-state index contributed by atoms with van der Waals surface area (Å²) in [7, 11) is 1.24. The summed E-state index contributed by atoms with van der Waals surface area (Å²) in [5.41, 5.74) is -3.43. The van der Waals surface area contributed by atoms with E-state index >= 15 is 0 Å². The van der Waals surface area contributed by atoms with Crippen molar-refractivity contribution in [2.75, 3.05) is 7.11 Å². The average molecular weight is 675 g/mol. The molecule has 8 rings (SSSR count). The second-order valence-electron chi connectivity index (χ2n) is 13.3. The maximum atomic E-state index is 14.3. The number of carbonyl (C=O) groups is 6. The number of ketones is 3. The molecule has 49 heavy (non-hydrogen) atoms. The third kappa shape index (κ3) is 3.95. The Kier molecular flexibility index (Phi) is 6.51. The number of rotatable bonds is 3. The Hall–Kier alpha value is -5.08. The van der Waals surface area contributed by atoms with E-state index in [2.05, 4.69) is 0 Å². The highest BCUT2D eigenvalue weighted by Crippen LogP contribution is 2.65. The quantitative estimate of drug-likeness (QED) is 0.243. The van der Waals surface area contributed by atoms with Gasteiger partial charge in [-0.15, -0.1) is 0 Å². The monoisotopic (exact) mass is 674 g/mol. The molecule has 0 spiro atoms. The first-order valence-corrected chi connectivity index (χ1v) is 15.9. The fourth-order valence-electron chi connectivity index (χ4n) is 8.86. The molecule has 14 nitrogen and oxygen atoms in total. The van der Waals surface area contributed by atoms with Gasteiger partial charge >= 0.3 is 17.9 Å². The SMILES string of the molecule is COC(=O)C[C@H]1Cc2cc3c(c(O)c2[C@H](C)O1)C(=O)C1CC3(OC(C)=O)c2c(O)c3c(c(O)c21)C(=O)C1=C(C3=O)[C@H](C)O[C@H]2CC(=O)O[C@@H]12. The van der Waals surface area contributed by atoms with Crippen LogP contribution in [-0.4, -0.2) is 82.1 Å². The van der Waals surface area contributed by atoms with Gasteiger partial charge in [-0.3, -0.25) is 28.8 Å².